The quantitative estimate of drug-likeness (QED) is 0.599. The largest absolute Gasteiger partial charge is 0.311 e. The Labute approximate surface area is 79.1 Å². The molecule has 4 heteroatoms. The van der Waals surface area contributed by atoms with Crippen molar-refractivity contribution < 1.29 is 9.59 Å². The Morgan fingerprint density at radius 2 is 1.31 bits per heavy atom. The van der Waals surface area contributed by atoms with E-state index in [9.17, 15) is 9.59 Å². The first-order valence-electron chi connectivity index (χ1n) is 4.38. The first-order chi connectivity index (χ1) is 6.02. The minimum Gasteiger partial charge on any atom is -0.311 e. The molecule has 0 aliphatic rings. The van der Waals surface area contributed by atoms with Gasteiger partial charge in [0.2, 0.25) is 0 Å². The molecule has 0 fully saturated rings. The van der Waals surface area contributed by atoms with E-state index >= 15 is 0 Å². The summed E-state index contributed by atoms with van der Waals surface area (Å²) in [6, 6.07) is -0.470. The van der Waals surface area contributed by atoms with Crippen molar-refractivity contribution in [2.45, 2.75) is 32.4 Å². The fourth-order valence-corrected chi connectivity index (χ4v) is 1.21. The Hall–Kier alpha value is -0.740. The Kier molecular flexibility index (Phi) is 5.50. The van der Waals surface area contributed by atoms with Crippen LogP contribution in [0.3, 0.4) is 0 Å². The number of nitrogens with one attached hydrogen (secondary N) is 2. The van der Waals surface area contributed by atoms with Gasteiger partial charge in [0.1, 0.15) is 11.6 Å². The highest BCUT2D eigenvalue weighted by molar-refractivity contribution is 5.85. The van der Waals surface area contributed by atoms with E-state index in [4.69, 9.17) is 0 Å². The summed E-state index contributed by atoms with van der Waals surface area (Å²) in [7, 11) is 3.44. The third-order valence-electron chi connectivity index (χ3n) is 2.15. The number of ketones is 2. The highest BCUT2D eigenvalue weighted by atomic mass is 16.1. The lowest BCUT2D eigenvalue weighted by Gasteiger charge is -2.18. The van der Waals surface area contributed by atoms with E-state index in [1.165, 1.54) is 13.8 Å². The maximum Gasteiger partial charge on any atom is 0.146 e. The van der Waals surface area contributed by atoms with Gasteiger partial charge in [-0.05, 0) is 34.4 Å². The minimum atomic E-state index is -0.235. The smallest absolute Gasteiger partial charge is 0.146 e. The second-order valence-corrected chi connectivity index (χ2v) is 3.14. The van der Waals surface area contributed by atoms with Crippen molar-refractivity contribution in [2.75, 3.05) is 14.1 Å². The molecular formula is C9H18N2O2. The highest BCUT2D eigenvalue weighted by Crippen LogP contribution is 2.00. The summed E-state index contributed by atoms with van der Waals surface area (Å²) in [5.74, 6) is 0.119. The summed E-state index contributed by atoms with van der Waals surface area (Å²) in [5, 5.41) is 5.76. The molecule has 0 radical (unpaired) electrons. The predicted octanol–water partition coefficient (Wildman–Crippen LogP) is -0.270. The average Bonchev–Trinajstić information content (AvgIpc) is 2.05. The summed E-state index contributed by atoms with van der Waals surface area (Å²) >= 11 is 0. The Morgan fingerprint density at radius 1 is 1.00 bits per heavy atom. The lowest BCUT2D eigenvalue weighted by molar-refractivity contribution is -0.121. The fraction of sp³-hybridized carbons (Fsp3) is 0.778. The van der Waals surface area contributed by atoms with Gasteiger partial charge in [0.05, 0.1) is 12.1 Å². The van der Waals surface area contributed by atoms with Crippen LogP contribution in [0.2, 0.25) is 0 Å². The van der Waals surface area contributed by atoms with Crippen molar-refractivity contribution in [2.24, 2.45) is 0 Å². The maximum absolute atomic E-state index is 11.0. The van der Waals surface area contributed by atoms with E-state index in [1.54, 1.807) is 14.1 Å². The number of likely N-dealkylation sites (N-methyl/N-ethyl adjacent to an activating group) is 2. The summed E-state index contributed by atoms with van der Waals surface area (Å²) in [6.07, 6.45) is 0.512. The van der Waals surface area contributed by atoms with Crippen LogP contribution in [0.15, 0.2) is 0 Å². The molecule has 0 spiro atoms. The Bertz CT molecular complexity index is 172. The van der Waals surface area contributed by atoms with Gasteiger partial charge in [-0.25, -0.2) is 0 Å². The number of rotatable bonds is 6. The van der Waals surface area contributed by atoms with Gasteiger partial charge in [0, 0.05) is 0 Å². The predicted molar refractivity (Wildman–Crippen MR) is 51.7 cm³/mol. The van der Waals surface area contributed by atoms with E-state index in [1.807, 2.05) is 0 Å². The van der Waals surface area contributed by atoms with Gasteiger partial charge in [-0.15, -0.1) is 0 Å². The van der Waals surface area contributed by atoms with Crippen LogP contribution < -0.4 is 10.6 Å². The van der Waals surface area contributed by atoms with Gasteiger partial charge < -0.3 is 10.6 Å². The minimum absolute atomic E-state index is 0.0593. The number of carbonyl (C=O) groups is 2. The molecule has 0 bridgehead atoms. The Morgan fingerprint density at radius 3 is 1.46 bits per heavy atom. The van der Waals surface area contributed by atoms with Gasteiger partial charge in [0.15, 0.2) is 0 Å². The maximum atomic E-state index is 11.0. The van der Waals surface area contributed by atoms with Gasteiger partial charge in [-0.2, -0.15) is 0 Å². The fourth-order valence-electron chi connectivity index (χ4n) is 1.21. The van der Waals surface area contributed by atoms with Gasteiger partial charge in [0.25, 0.3) is 0 Å². The lowest BCUT2D eigenvalue weighted by Crippen LogP contribution is -2.42. The van der Waals surface area contributed by atoms with Crippen LogP contribution in [0.5, 0.6) is 0 Å². The Balaban J connectivity index is 4.19. The molecule has 0 aliphatic carbocycles. The van der Waals surface area contributed by atoms with Crippen molar-refractivity contribution in [3.8, 4) is 0 Å². The lowest BCUT2D eigenvalue weighted by atomic mass is 10.0. The molecule has 0 aromatic heterocycles. The van der Waals surface area contributed by atoms with Crippen LogP contribution in [-0.2, 0) is 9.59 Å². The summed E-state index contributed by atoms with van der Waals surface area (Å²) in [5.41, 5.74) is 0. The monoisotopic (exact) mass is 186 g/mol. The van der Waals surface area contributed by atoms with Gasteiger partial charge in [-0.1, -0.05) is 0 Å². The van der Waals surface area contributed by atoms with Crippen LogP contribution in [-0.4, -0.2) is 37.7 Å². The van der Waals surface area contributed by atoms with Crippen LogP contribution in [0.1, 0.15) is 20.3 Å². The summed E-state index contributed by atoms with van der Waals surface area (Å²) < 4.78 is 0. The first-order valence-corrected chi connectivity index (χ1v) is 4.38. The van der Waals surface area contributed by atoms with Gasteiger partial charge >= 0.3 is 0 Å². The highest BCUT2D eigenvalue weighted by Gasteiger charge is 2.20. The third kappa shape index (κ3) is 4.15. The van der Waals surface area contributed by atoms with Crippen molar-refractivity contribution in [1.82, 2.24) is 10.6 Å². The zero-order valence-corrected chi connectivity index (χ0v) is 8.68. The van der Waals surface area contributed by atoms with Crippen LogP contribution in [0.4, 0.5) is 0 Å². The second kappa shape index (κ2) is 5.83. The van der Waals surface area contributed by atoms with Crippen LogP contribution in [0, 0.1) is 0 Å². The van der Waals surface area contributed by atoms with E-state index in [0.717, 1.165) is 0 Å². The van der Waals surface area contributed by atoms with Crippen LogP contribution >= 0.6 is 0 Å². The molecular weight excluding hydrogens is 168 g/mol. The average molecular weight is 186 g/mol. The summed E-state index contributed by atoms with van der Waals surface area (Å²) in [6.45, 7) is 3.04. The zero-order valence-electron chi connectivity index (χ0n) is 8.68. The van der Waals surface area contributed by atoms with E-state index in [2.05, 4.69) is 10.6 Å². The molecule has 4 nitrogen and oxygen atoms in total. The molecule has 2 unspecified atom stereocenters. The molecule has 0 saturated heterocycles. The first kappa shape index (κ1) is 12.3. The molecule has 0 amide bonds. The van der Waals surface area contributed by atoms with Gasteiger partial charge in [-0.3, -0.25) is 9.59 Å². The number of hydrogen-bond acceptors (Lipinski definition) is 4. The topological polar surface area (TPSA) is 58.2 Å². The molecule has 13 heavy (non-hydrogen) atoms. The SMILES string of the molecule is CNC(CC(NC)C(C)=O)C(C)=O. The molecule has 0 rings (SSSR count). The van der Waals surface area contributed by atoms with Crippen molar-refractivity contribution >= 4 is 11.6 Å². The molecule has 0 aliphatic heterocycles. The number of Topliss-reactive ketones (excluding diaryl/α,β-unsaturated/α-hetero) is 2. The molecule has 0 aromatic carbocycles. The molecule has 2 atom stereocenters. The molecule has 2 N–H and O–H groups in total. The molecule has 0 saturated carbocycles. The normalized spacial score (nSPS) is 15.1. The zero-order chi connectivity index (χ0) is 10.4. The number of hydrogen-bond donors (Lipinski definition) is 2. The molecule has 0 aromatic rings. The van der Waals surface area contributed by atoms with Crippen LogP contribution in [0.25, 0.3) is 0 Å². The van der Waals surface area contributed by atoms with Crippen molar-refractivity contribution in [3.05, 3.63) is 0 Å². The second-order valence-electron chi connectivity index (χ2n) is 3.14. The molecule has 76 valence electrons. The van der Waals surface area contributed by atoms with Crippen molar-refractivity contribution in [3.63, 3.8) is 0 Å². The van der Waals surface area contributed by atoms with E-state index in [0.29, 0.717) is 6.42 Å². The van der Waals surface area contributed by atoms with E-state index in [-0.39, 0.29) is 23.7 Å². The van der Waals surface area contributed by atoms with Crippen molar-refractivity contribution in [1.29, 1.82) is 0 Å². The summed E-state index contributed by atoms with van der Waals surface area (Å²) in [4.78, 5) is 22.1. The number of carbonyl (C=O) groups excluding carboxylic acids is 2. The standard InChI is InChI=1S/C9H18N2O2/c1-6(12)8(10-3)5-9(11-4)7(2)13/h8-11H,5H2,1-4H3. The molecule has 0 heterocycles. The van der Waals surface area contributed by atoms with E-state index < -0.39 is 0 Å². The third-order valence-corrected chi connectivity index (χ3v) is 2.15.